The third kappa shape index (κ3) is 6.46. The van der Waals surface area contributed by atoms with Crippen LogP contribution in [0.3, 0.4) is 0 Å². The van der Waals surface area contributed by atoms with Gasteiger partial charge in [0, 0.05) is 0 Å². The van der Waals surface area contributed by atoms with E-state index in [1.54, 1.807) is 0 Å². The minimum absolute atomic E-state index is 0.0106. The molecular weight excluding hydrogens is 208 g/mol. The van der Waals surface area contributed by atoms with Gasteiger partial charge in [0.1, 0.15) is 0 Å². The molecule has 0 spiro atoms. The quantitative estimate of drug-likeness (QED) is 0.635. The Balaban J connectivity index is 3.79. The van der Waals surface area contributed by atoms with E-state index in [2.05, 4.69) is 3.32 Å². The molecule has 0 aliphatic carbocycles. The van der Waals surface area contributed by atoms with Crippen molar-refractivity contribution in [2.24, 2.45) is 5.92 Å². The Bertz CT molecular complexity index is 151. The molecule has 0 aromatic rings. The fourth-order valence-corrected chi connectivity index (χ4v) is 1.77. The normalized spacial score (nSPS) is 15.4. The Morgan fingerprint density at radius 2 is 2.08 bits per heavy atom. The van der Waals surface area contributed by atoms with E-state index in [1.165, 1.54) is 0 Å². The number of aliphatic hydroxyl groups excluding tert-OH is 1. The molecule has 0 saturated carbocycles. The van der Waals surface area contributed by atoms with E-state index in [4.69, 9.17) is 3.69 Å². The first-order valence-corrected chi connectivity index (χ1v) is 6.62. The van der Waals surface area contributed by atoms with E-state index in [1.807, 2.05) is 13.8 Å². The van der Waals surface area contributed by atoms with Gasteiger partial charge in [-0.25, -0.2) is 0 Å². The van der Waals surface area contributed by atoms with Gasteiger partial charge >= 0.3 is 85.8 Å². The van der Waals surface area contributed by atoms with Crippen LogP contribution in [0.4, 0.5) is 0 Å². The zero-order valence-corrected chi connectivity index (χ0v) is 9.76. The molecular formula is C8H18O4Ti. The average Bonchev–Trinajstić information content (AvgIpc) is 2.05. The zero-order valence-electron chi connectivity index (χ0n) is 8.19. The van der Waals surface area contributed by atoms with Gasteiger partial charge in [0.05, 0.1) is 0 Å². The molecule has 0 rings (SSSR count). The van der Waals surface area contributed by atoms with Crippen molar-refractivity contribution in [3.05, 3.63) is 0 Å². The molecule has 2 unspecified atom stereocenters. The standard InChI is InChI=1S/C8H17O2.H2O.O.Ti/c1-3-5-8(10)7(4-2)6-9;;;/h7-8,10H,3-6H2,1-2H3;1H2;;/q-1;;;+2/p-1. The van der Waals surface area contributed by atoms with Crippen molar-refractivity contribution in [1.29, 1.82) is 0 Å². The SMILES string of the molecule is CCCC(O)C(CC)C[O][Ti](=[O])[OH]. The van der Waals surface area contributed by atoms with Crippen LogP contribution in [-0.4, -0.2) is 21.5 Å². The summed E-state index contributed by atoms with van der Waals surface area (Å²) < 4.78 is 23.5. The van der Waals surface area contributed by atoms with Crippen LogP contribution in [0.1, 0.15) is 33.1 Å². The molecule has 2 atom stereocenters. The molecule has 0 radical (unpaired) electrons. The monoisotopic (exact) mass is 226 g/mol. The van der Waals surface area contributed by atoms with E-state index < -0.39 is 24.7 Å². The molecule has 0 heterocycles. The van der Waals surface area contributed by atoms with Crippen molar-refractivity contribution >= 4 is 0 Å². The number of hydrogen-bond acceptors (Lipinski definition) is 3. The van der Waals surface area contributed by atoms with Gasteiger partial charge < -0.3 is 0 Å². The fourth-order valence-electron chi connectivity index (χ4n) is 1.21. The van der Waals surface area contributed by atoms with Crippen molar-refractivity contribution in [3.8, 4) is 0 Å². The van der Waals surface area contributed by atoms with Crippen LogP contribution < -0.4 is 0 Å². The van der Waals surface area contributed by atoms with Crippen molar-refractivity contribution in [1.82, 2.24) is 0 Å². The average molecular weight is 226 g/mol. The topological polar surface area (TPSA) is 66.8 Å². The van der Waals surface area contributed by atoms with Gasteiger partial charge in [0.2, 0.25) is 0 Å². The molecule has 0 amide bonds. The van der Waals surface area contributed by atoms with Crippen LogP contribution in [0.2, 0.25) is 0 Å². The van der Waals surface area contributed by atoms with Gasteiger partial charge in [0.15, 0.2) is 0 Å². The second-order valence-electron chi connectivity index (χ2n) is 3.10. The van der Waals surface area contributed by atoms with Crippen molar-refractivity contribution in [2.75, 3.05) is 6.61 Å². The minimum atomic E-state index is -3.40. The third-order valence-corrected chi connectivity index (χ3v) is 2.72. The summed E-state index contributed by atoms with van der Waals surface area (Å²) >= 11 is -3.40. The predicted molar refractivity (Wildman–Crippen MR) is 43.6 cm³/mol. The van der Waals surface area contributed by atoms with Gasteiger partial charge in [-0.3, -0.25) is 0 Å². The molecule has 4 nitrogen and oxygen atoms in total. The Morgan fingerprint density at radius 3 is 2.46 bits per heavy atom. The van der Waals surface area contributed by atoms with E-state index in [9.17, 15) is 8.43 Å². The summed E-state index contributed by atoms with van der Waals surface area (Å²) in [6, 6.07) is 0. The molecule has 13 heavy (non-hydrogen) atoms. The summed E-state index contributed by atoms with van der Waals surface area (Å²) in [5.74, 6) is -0.0106. The van der Waals surface area contributed by atoms with E-state index >= 15 is 0 Å². The van der Waals surface area contributed by atoms with Gasteiger partial charge in [-0.05, 0) is 0 Å². The summed E-state index contributed by atoms with van der Waals surface area (Å²) in [4.78, 5) is 0. The van der Waals surface area contributed by atoms with E-state index in [-0.39, 0.29) is 12.5 Å². The Kier molecular flexibility index (Phi) is 8.00. The molecule has 0 fully saturated rings. The first-order valence-electron chi connectivity index (χ1n) is 4.65. The molecule has 78 valence electrons. The van der Waals surface area contributed by atoms with Crippen molar-refractivity contribution in [3.63, 3.8) is 0 Å². The first-order chi connectivity index (χ1) is 6.11. The summed E-state index contributed by atoms with van der Waals surface area (Å²) in [6.45, 7) is 4.14. The number of hydrogen-bond donors (Lipinski definition) is 2. The third-order valence-electron chi connectivity index (χ3n) is 2.07. The molecule has 0 bridgehead atoms. The van der Waals surface area contributed by atoms with Crippen LogP contribution >= 0.6 is 0 Å². The number of rotatable bonds is 7. The van der Waals surface area contributed by atoms with Gasteiger partial charge in [-0.15, -0.1) is 0 Å². The van der Waals surface area contributed by atoms with Gasteiger partial charge in [0.25, 0.3) is 0 Å². The second-order valence-corrected chi connectivity index (χ2v) is 4.38. The maximum absolute atomic E-state index is 10.3. The van der Waals surface area contributed by atoms with Crippen LogP contribution in [-0.2, 0) is 25.3 Å². The van der Waals surface area contributed by atoms with Crippen LogP contribution in [0, 0.1) is 5.92 Å². The predicted octanol–water partition coefficient (Wildman–Crippen LogP) is 0.976. The van der Waals surface area contributed by atoms with Crippen LogP contribution in [0.15, 0.2) is 0 Å². The summed E-state index contributed by atoms with van der Waals surface area (Å²) in [7, 11) is 0. The maximum atomic E-state index is 10.3. The first kappa shape index (κ1) is 13.4. The summed E-state index contributed by atoms with van der Waals surface area (Å²) in [6.07, 6.45) is 2.00. The molecule has 5 heteroatoms. The van der Waals surface area contributed by atoms with E-state index in [0.717, 1.165) is 19.3 Å². The van der Waals surface area contributed by atoms with Gasteiger partial charge in [-0.2, -0.15) is 0 Å². The molecule has 0 aliphatic heterocycles. The Hall–Kier alpha value is 0.394. The molecule has 0 aromatic heterocycles. The second kappa shape index (κ2) is 7.77. The van der Waals surface area contributed by atoms with Crippen LogP contribution in [0.25, 0.3) is 0 Å². The molecule has 2 N–H and O–H groups in total. The summed E-state index contributed by atoms with van der Waals surface area (Å²) in [5.41, 5.74) is 0. The van der Waals surface area contributed by atoms with Gasteiger partial charge in [-0.1, -0.05) is 0 Å². The Labute approximate surface area is 86.0 Å². The summed E-state index contributed by atoms with van der Waals surface area (Å²) in [5, 5.41) is 9.58. The van der Waals surface area contributed by atoms with E-state index in [0.29, 0.717) is 0 Å². The van der Waals surface area contributed by atoms with Crippen LogP contribution in [0.5, 0.6) is 0 Å². The van der Waals surface area contributed by atoms with Crippen molar-refractivity contribution in [2.45, 2.75) is 39.2 Å². The molecule has 0 aromatic carbocycles. The molecule has 0 aliphatic rings. The Morgan fingerprint density at radius 1 is 1.46 bits per heavy atom. The van der Waals surface area contributed by atoms with Crippen molar-refractivity contribution < 1.29 is 34.1 Å². The zero-order chi connectivity index (χ0) is 10.3. The number of aliphatic hydroxyl groups is 1. The molecule has 0 saturated heterocycles. The fraction of sp³-hybridized carbons (Fsp3) is 1.00.